The summed E-state index contributed by atoms with van der Waals surface area (Å²) < 4.78 is 0. The average Bonchev–Trinajstić information content (AvgIpc) is 2.67. The Morgan fingerprint density at radius 2 is 1.67 bits per heavy atom. The molecule has 0 aromatic rings. The zero-order chi connectivity index (χ0) is 11.5. The summed E-state index contributed by atoms with van der Waals surface area (Å²) in [5.41, 5.74) is 0. The average molecular weight is 221 g/mol. The summed E-state index contributed by atoms with van der Waals surface area (Å²) in [5.74, 6) is -5.78. The summed E-state index contributed by atoms with van der Waals surface area (Å²) in [6, 6.07) is 0. The highest BCUT2D eigenvalue weighted by molar-refractivity contribution is 4.80. The van der Waals surface area contributed by atoms with Crippen LogP contribution >= 0.6 is 0 Å². The zero-order valence-corrected chi connectivity index (χ0v) is 8.33. The van der Waals surface area contributed by atoms with Gasteiger partial charge in [-0.1, -0.05) is 13.3 Å². The molecule has 7 heteroatoms. The summed E-state index contributed by atoms with van der Waals surface area (Å²) in [6.45, 7) is 1.83. The molecule has 7 nitrogen and oxygen atoms in total. The lowest BCUT2D eigenvalue weighted by atomic mass is 10.1. The number of unbranched alkanes of at least 4 members (excludes halogenated alkanes) is 1. The number of hydroxylamine groups is 2. The Morgan fingerprint density at radius 1 is 1.13 bits per heavy atom. The molecule has 1 rings (SSSR count). The second kappa shape index (κ2) is 4.33. The Hall–Kier alpha value is -0.860. The molecule has 1 heterocycles. The third kappa shape index (κ3) is 2.39. The summed E-state index contributed by atoms with van der Waals surface area (Å²) >= 11 is 0. The molecule has 1 aliphatic heterocycles. The minimum atomic E-state index is -3.04. The van der Waals surface area contributed by atoms with Crippen LogP contribution in [0.25, 0.3) is 0 Å². The molecule has 0 unspecified atom stereocenters. The minimum Gasteiger partial charge on any atom is -0.371 e. The quantitative estimate of drug-likeness (QED) is 0.448. The first kappa shape index (κ1) is 12.2. The van der Waals surface area contributed by atoms with Crippen LogP contribution in [0.5, 0.6) is 0 Å². The van der Waals surface area contributed by atoms with Crippen molar-refractivity contribution in [2.75, 3.05) is 0 Å². The normalized spacial score (nSPS) is 17.7. The Morgan fingerprint density at radius 3 is 2.13 bits per heavy atom. The van der Waals surface area contributed by atoms with Crippen LogP contribution in [0.3, 0.4) is 0 Å². The van der Waals surface area contributed by atoms with E-state index in [1.807, 2.05) is 6.92 Å². The number of hydrogen-bond donors (Lipinski definition) is 4. The van der Waals surface area contributed by atoms with Gasteiger partial charge in [-0.2, -0.15) is 0 Å². The van der Waals surface area contributed by atoms with Crippen LogP contribution in [-0.4, -0.2) is 37.4 Å². The molecule has 0 aromatic carbocycles. The first-order valence-corrected chi connectivity index (χ1v) is 4.60. The predicted octanol–water partition coefficient (Wildman–Crippen LogP) is -0.854. The summed E-state index contributed by atoms with van der Waals surface area (Å²) in [4.78, 5) is 8.99. The third-order valence-corrected chi connectivity index (χ3v) is 2.04. The first-order valence-electron chi connectivity index (χ1n) is 4.60. The molecule has 0 atom stereocenters. The van der Waals surface area contributed by atoms with Crippen molar-refractivity contribution < 1.29 is 30.1 Å². The van der Waals surface area contributed by atoms with Crippen molar-refractivity contribution in [2.45, 2.75) is 37.9 Å². The molecule has 0 bridgehead atoms. The molecule has 0 radical (unpaired) electrons. The largest absolute Gasteiger partial charge is 0.371 e. The fourth-order valence-corrected chi connectivity index (χ4v) is 1.07. The van der Waals surface area contributed by atoms with Crippen LogP contribution in [0, 0.1) is 0 Å². The molecule has 0 saturated heterocycles. The van der Waals surface area contributed by atoms with Gasteiger partial charge in [0.2, 0.25) is 5.79 Å². The molecule has 0 aromatic heterocycles. The van der Waals surface area contributed by atoms with Gasteiger partial charge in [-0.15, -0.1) is 0 Å². The number of hydrogen-bond acceptors (Lipinski definition) is 7. The molecule has 0 spiro atoms. The van der Waals surface area contributed by atoms with Gasteiger partial charge < -0.3 is 30.1 Å². The maximum atomic E-state index is 9.46. The third-order valence-electron chi connectivity index (χ3n) is 2.04. The van der Waals surface area contributed by atoms with E-state index in [1.54, 1.807) is 0 Å². The molecule has 4 N–H and O–H groups in total. The van der Waals surface area contributed by atoms with Crippen LogP contribution in [0.2, 0.25) is 0 Å². The smallest absolute Gasteiger partial charge is 0.350 e. The molecular formula is C8H15NO6. The molecular weight excluding hydrogens is 206 g/mol. The lowest BCUT2D eigenvalue weighted by Gasteiger charge is -2.37. The minimum absolute atomic E-state index is 0.197. The van der Waals surface area contributed by atoms with E-state index in [0.29, 0.717) is 12.8 Å². The van der Waals surface area contributed by atoms with Crippen LogP contribution < -0.4 is 0 Å². The molecule has 88 valence electrons. The van der Waals surface area contributed by atoms with E-state index in [4.69, 9.17) is 0 Å². The number of nitrogens with zero attached hydrogens (tertiary/aromatic N) is 1. The Bertz CT molecular complexity index is 231. The van der Waals surface area contributed by atoms with E-state index < -0.39 is 11.7 Å². The zero-order valence-electron chi connectivity index (χ0n) is 8.33. The van der Waals surface area contributed by atoms with Gasteiger partial charge in [0.25, 0.3) is 0 Å². The summed E-state index contributed by atoms with van der Waals surface area (Å²) in [6.07, 6.45) is 2.92. The van der Waals surface area contributed by atoms with E-state index in [1.165, 1.54) is 0 Å². The number of rotatable bonds is 5. The molecule has 0 aliphatic carbocycles. The van der Waals surface area contributed by atoms with Gasteiger partial charge in [0.15, 0.2) is 12.5 Å². The molecule has 0 fully saturated rings. The van der Waals surface area contributed by atoms with Crippen LogP contribution in [-0.2, 0) is 9.68 Å². The van der Waals surface area contributed by atoms with Crippen LogP contribution in [0.1, 0.15) is 26.2 Å². The van der Waals surface area contributed by atoms with Crippen molar-refractivity contribution in [1.29, 1.82) is 0 Å². The van der Waals surface area contributed by atoms with E-state index in [2.05, 4.69) is 9.68 Å². The first-order chi connectivity index (χ1) is 6.92. The van der Waals surface area contributed by atoms with Crippen molar-refractivity contribution in [1.82, 2.24) is 5.23 Å². The van der Waals surface area contributed by atoms with Gasteiger partial charge in [-0.25, -0.2) is 0 Å². The van der Waals surface area contributed by atoms with Crippen molar-refractivity contribution >= 4 is 0 Å². The lowest BCUT2D eigenvalue weighted by molar-refractivity contribution is -0.526. The summed E-state index contributed by atoms with van der Waals surface area (Å²) in [5, 5.41) is 38.0. The van der Waals surface area contributed by atoms with Gasteiger partial charge in [0, 0.05) is 6.42 Å². The molecule has 15 heavy (non-hydrogen) atoms. The van der Waals surface area contributed by atoms with Gasteiger partial charge in [-0.05, 0) is 6.42 Å². The van der Waals surface area contributed by atoms with Gasteiger partial charge in [0.1, 0.15) is 0 Å². The lowest BCUT2D eigenvalue weighted by Crippen LogP contribution is -2.63. The van der Waals surface area contributed by atoms with E-state index >= 15 is 0 Å². The van der Waals surface area contributed by atoms with Crippen LogP contribution in [0.15, 0.2) is 12.5 Å². The second-order valence-corrected chi connectivity index (χ2v) is 3.30. The Kier molecular flexibility index (Phi) is 3.53. The van der Waals surface area contributed by atoms with E-state index in [0.717, 1.165) is 12.5 Å². The van der Waals surface area contributed by atoms with Crippen LogP contribution in [0.4, 0.5) is 0 Å². The van der Waals surface area contributed by atoms with Crippen molar-refractivity contribution in [3.05, 3.63) is 12.5 Å². The Labute approximate surface area is 86.7 Å². The van der Waals surface area contributed by atoms with Gasteiger partial charge in [0.05, 0.1) is 5.23 Å². The topological polar surface area (TPSA) is 103 Å². The maximum Gasteiger partial charge on any atom is 0.350 e. The van der Waals surface area contributed by atoms with Crippen molar-refractivity contribution in [3.8, 4) is 0 Å². The fraction of sp³-hybridized carbons (Fsp3) is 0.750. The highest BCUT2D eigenvalue weighted by atomic mass is 17.0. The molecule has 0 amide bonds. The molecule has 0 saturated carbocycles. The van der Waals surface area contributed by atoms with E-state index in [-0.39, 0.29) is 11.6 Å². The van der Waals surface area contributed by atoms with Crippen molar-refractivity contribution in [2.24, 2.45) is 0 Å². The predicted molar refractivity (Wildman–Crippen MR) is 47.0 cm³/mol. The van der Waals surface area contributed by atoms with Gasteiger partial charge >= 0.3 is 5.91 Å². The highest BCUT2D eigenvalue weighted by Crippen LogP contribution is 2.29. The second-order valence-electron chi connectivity index (χ2n) is 3.30. The fourth-order valence-electron chi connectivity index (χ4n) is 1.07. The Balaban J connectivity index is 2.65. The van der Waals surface area contributed by atoms with E-state index in [9.17, 15) is 20.4 Å². The standard InChI is InChI=1S/C8H15NO6/c1-2-3-4-7(10,11)8(12,13)9-14-5-6-15-9/h5-6,10-13H,2-4H2,1H3. The van der Waals surface area contributed by atoms with Gasteiger partial charge in [-0.3, -0.25) is 0 Å². The molecule has 1 aliphatic rings. The number of aliphatic hydroxyl groups is 4. The highest BCUT2D eigenvalue weighted by Gasteiger charge is 2.55. The summed E-state index contributed by atoms with van der Waals surface area (Å²) in [7, 11) is 0. The maximum absolute atomic E-state index is 9.46. The van der Waals surface area contributed by atoms with Crippen molar-refractivity contribution in [3.63, 3.8) is 0 Å². The SMILES string of the molecule is CCCCC(O)(O)C(O)(O)N1OC=CO1. The monoisotopic (exact) mass is 221 g/mol.